The van der Waals surface area contributed by atoms with Gasteiger partial charge >= 0.3 is 0 Å². The number of sulfonamides is 1. The maximum absolute atomic E-state index is 12.9. The number of piperidine rings is 1. The summed E-state index contributed by atoms with van der Waals surface area (Å²) < 4.78 is 27.2. The number of benzene rings is 2. The fraction of sp³-hybridized carbons (Fsp3) is 0.409. The van der Waals surface area contributed by atoms with Crippen LogP contribution in [0.25, 0.3) is 0 Å². The fourth-order valence-electron chi connectivity index (χ4n) is 4.17. The molecule has 2 aliphatic rings. The van der Waals surface area contributed by atoms with Gasteiger partial charge in [0.1, 0.15) is 6.17 Å². The van der Waals surface area contributed by atoms with Gasteiger partial charge in [0.15, 0.2) is 0 Å². The minimum absolute atomic E-state index is 0.0550. The lowest BCUT2D eigenvalue weighted by Crippen LogP contribution is -2.50. The van der Waals surface area contributed by atoms with Crippen LogP contribution < -0.4 is 16.2 Å². The third-order valence-electron chi connectivity index (χ3n) is 6.04. The van der Waals surface area contributed by atoms with Crippen LogP contribution in [0.3, 0.4) is 0 Å². The van der Waals surface area contributed by atoms with Crippen molar-refractivity contribution >= 4 is 27.5 Å². The van der Waals surface area contributed by atoms with Gasteiger partial charge < -0.3 is 5.32 Å². The minimum Gasteiger partial charge on any atom is -0.339 e. The molecule has 0 aromatic heterocycles. The van der Waals surface area contributed by atoms with E-state index in [1.54, 1.807) is 24.3 Å². The molecule has 4 rings (SSSR count). The predicted octanol–water partition coefficient (Wildman–Crippen LogP) is 2.38. The van der Waals surface area contributed by atoms with E-state index in [4.69, 9.17) is 11.6 Å². The Hall–Kier alpha value is -1.97. The lowest BCUT2D eigenvalue weighted by molar-refractivity contribution is -0.127. The van der Waals surface area contributed by atoms with Crippen LogP contribution in [0.15, 0.2) is 53.4 Å². The van der Waals surface area contributed by atoms with Gasteiger partial charge in [0, 0.05) is 36.5 Å². The van der Waals surface area contributed by atoms with Crippen LogP contribution >= 0.6 is 11.6 Å². The van der Waals surface area contributed by atoms with Gasteiger partial charge in [0.2, 0.25) is 15.9 Å². The molecule has 2 atom stereocenters. The molecular formula is C22H27ClN4O3S. The summed E-state index contributed by atoms with van der Waals surface area (Å²) in [5.74, 6) is -0.211. The summed E-state index contributed by atoms with van der Waals surface area (Å²) in [6.45, 7) is 3.27. The standard InChI is InChI=1S/C22H27ClN4O3S/c1-15-5-7-19(8-6-15)31(29,30)27-11-9-16(10-12-27)22(28)25-21-20(14-24-26-21)17-3-2-4-18(23)13-17/h2-8,13,16,20-21,24,26H,9-12,14H2,1H3,(H,25,28). The van der Waals surface area contributed by atoms with Gasteiger partial charge in [-0.15, -0.1) is 0 Å². The van der Waals surface area contributed by atoms with Gasteiger partial charge in [0.25, 0.3) is 0 Å². The van der Waals surface area contributed by atoms with Crippen LogP contribution in [0.4, 0.5) is 0 Å². The van der Waals surface area contributed by atoms with E-state index in [0.29, 0.717) is 42.4 Å². The minimum atomic E-state index is -3.53. The Labute approximate surface area is 188 Å². The first-order valence-electron chi connectivity index (χ1n) is 10.5. The molecule has 2 fully saturated rings. The summed E-state index contributed by atoms with van der Waals surface area (Å²) in [7, 11) is -3.53. The molecule has 166 valence electrons. The van der Waals surface area contributed by atoms with Crippen LogP contribution in [-0.4, -0.2) is 44.4 Å². The Morgan fingerprint density at radius 1 is 1.13 bits per heavy atom. The normalized spacial score (nSPS) is 23.0. The van der Waals surface area contributed by atoms with E-state index >= 15 is 0 Å². The summed E-state index contributed by atoms with van der Waals surface area (Å²) in [6, 6.07) is 14.5. The van der Waals surface area contributed by atoms with Crippen LogP contribution in [0, 0.1) is 12.8 Å². The van der Waals surface area contributed by atoms with E-state index in [9.17, 15) is 13.2 Å². The van der Waals surface area contributed by atoms with Gasteiger partial charge in [-0.1, -0.05) is 41.4 Å². The van der Waals surface area contributed by atoms with E-state index in [1.807, 2.05) is 31.2 Å². The molecule has 2 aromatic rings. The Kier molecular flexibility index (Phi) is 6.64. The molecule has 0 saturated carbocycles. The second-order valence-corrected chi connectivity index (χ2v) is 10.5. The van der Waals surface area contributed by atoms with Gasteiger partial charge in [0.05, 0.1) is 4.90 Å². The molecule has 3 N–H and O–H groups in total. The molecule has 0 radical (unpaired) electrons. The number of hydrogen-bond acceptors (Lipinski definition) is 5. The highest BCUT2D eigenvalue weighted by Crippen LogP contribution is 2.26. The van der Waals surface area contributed by atoms with E-state index in [1.165, 1.54) is 4.31 Å². The monoisotopic (exact) mass is 462 g/mol. The van der Waals surface area contributed by atoms with Gasteiger partial charge in [-0.3, -0.25) is 10.2 Å². The Morgan fingerprint density at radius 3 is 2.52 bits per heavy atom. The topological polar surface area (TPSA) is 90.5 Å². The van der Waals surface area contributed by atoms with Crippen molar-refractivity contribution in [2.45, 2.75) is 36.7 Å². The number of aryl methyl sites for hydroxylation is 1. The number of nitrogens with one attached hydrogen (secondary N) is 3. The number of halogens is 1. The van der Waals surface area contributed by atoms with Crippen molar-refractivity contribution in [1.82, 2.24) is 20.5 Å². The molecule has 0 bridgehead atoms. The maximum Gasteiger partial charge on any atom is 0.243 e. The largest absolute Gasteiger partial charge is 0.339 e. The Morgan fingerprint density at radius 2 is 1.84 bits per heavy atom. The summed E-state index contributed by atoms with van der Waals surface area (Å²) >= 11 is 6.12. The second kappa shape index (κ2) is 9.26. The lowest BCUT2D eigenvalue weighted by Gasteiger charge is -2.31. The van der Waals surface area contributed by atoms with Crippen LogP contribution in [-0.2, 0) is 14.8 Å². The van der Waals surface area contributed by atoms with Crippen molar-refractivity contribution in [1.29, 1.82) is 0 Å². The zero-order valence-electron chi connectivity index (χ0n) is 17.3. The van der Waals surface area contributed by atoms with E-state index in [-0.39, 0.29) is 23.9 Å². The zero-order valence-corrected chi connectivity index (χ0v) is 18.9. The zero-order chi connectivity index (χ0) is 22.0. The highest BCUT2D eigenvalue weighted by atomic mass is 35.5. The third-order valence-corrected chi connectivity index (χ3v) is 8.19. The molecule has 9 heteroatoms. The highest BCUT2D eigenvalue weighted by Gasteiger charge is 2.35. The van der Waals surface area contributed by atoms with Gasteiger partial charge in [-0.2, -0.15) is 4.31 Å². The molecule has 2 heterocycles. The molecule has 0 spiro atoms. The number of hydrogen-bond donors (Lipinski definition) is 3. The molecule has 7 nitrogen and oxygen atoms in total. The number of carbonyl (C=O) groups is 1. The second-order valence-electron chi connectivity index (χ2n) is 8.16. The molecule has 31 heavy (non-hydrogen) atoms. The summed E-state index contributed by atoms with van der Waals surface area (Å²) in [4.78, 5) is 13.2. The molecule has 0 aliphatic carbocycles. The Balaban J connectivity index is 1.35. The molecule has 2 saturated heterocycles. The third kappa shape index (κ3) is 4.94. The lowest BCUT2D eigenvalue weighted by atomic mass is 9.94. The Bertz CT molecular complexity index is 1040. The van der Waals surface area contributed by atoms with Gasteiger partial charge in [-0.25, -0.2) is 13.8 Å². The molecular weight excluding hydrogens is 436 g/mol. The number of rotatable bonds is 5. The predicted molar refractivity (Wildman–Crippen MR) is 120 cm³/mol. The number of carbonyl (C=O) groups excluding carboxylic acids is 1. The first-order valence-corrected chi connectivity index (χ1v) is 12.3. The van der Waals surface area contributed by atoms with Crippen LogP contribution in [0.2, 0.25) is 5.02 Å². The van der Waals surface area contributed by atoms with Crippen molar-refractivity contribution in [3.05, 3.63) is 64.7 Å². The van der Waals surface area contributed by atoms with Crippen LogP contribution in [0.5, 0.6) is 0 Å². The first-order chi connectivity index (χ1) is 14.8. The molecule has 2 aliphatic heterocycles. The molecule has 1 amide bonds. The smallest absolute Gasteiger partial charge is 0.243 e. The van der Waals surface area contributed by atoms with Gasteiger partial charge in [-0.05, 0) is 49.6 Å². The quantitative estimate of drug-likeness (QED) is 0.634. The fourth-order valence-corrected chi connectivity index (χ4v) is 5.84. The molecule has 2 aromatic carbocycles. The van der Waals surface area contributed by atoms with Crippen molar-refractivity contribution < 1.29 is 13.2 Å². The average molecular weight is 463 g/mol. The maximum atomic E-state index is 12.9. The van der Waals surface area contributed by atoms with E-state index < -0.39 is 10.0 Å². The summed E-state index contributed by atoms with van der Waals surface area (Å²) in [5.41, 5.74) is 8.29. The SMILES string of the molecule is Cc1ccc(S(=O)(=O)N2CCC(C(=O)NC3NNCC3c3cccc(Cl)c3)CC2)cc1. The summed E-state index contributed by atoms with van der Waals surface area (Å²) in [5, 5.41) is 3.75. The van der Waals surface area contributed by atoms with E-state index in [0.717, 1.165) is 11.1 Å². The van der Waals surface area contributed by atoms with E-state index in [2.05, 4.69) is 16.2 Å². The molecule has 2 unspecified atom stereocenters. The van der Waals surface area contributed by atoms with Crippen molar-refractivity contribution in [2.75, 3.05) is 19.6 Å². The van der Waals surface area contributed by atoms with Crippen molar-refractivity contribution in [3.63, 3.8) is 0 Å². The van der Waals surface area contributed by atoms with Crippen molar-refractivity contribution in [3.8, 4) is 0 Å². The van der Waals surface area contributed by atoms with Crippen LogP contribution in [0.1, 0.15) is 29.9 Å². The first kappa shape index (κ1) is 22.2. The number of amides is 1. The summed E-state index contributed by atoms with van der Waals surface area (Å²) in [6.07, 6.45) is 0.748. The number of hydrazine groups is 1. The average Bonchev–Trinajstić information content (AvgIpc) is 3.22. The van der Waals surface area contributed by atoms with Crippen molar-refractivity contribution in [2.24, 2.45) is 5.92 Å². The number of nitrogens with zero attached hydrogens (tertiary/aromatic N) is 1. The highest BCUT2D eigenvalue weighted by molar-refractivity contribution is 7.89.